The average molecular weight is 444 g/mol. The van der Waals surface area contributed by atoms with E-state index >= 15 is 0 Å². The maximum absolute atomic E-state index is 12.0. The molecule has 0 fully saturated rings. The molecule has 10 nitrogen and oxygen atoms in total. The van der Waals surface area contributed by atoms with Crippen molar-refractivity contribution in [2.45, 2.75) is 19.8 Å². The molecule has 0 saturated carbocycles. The van der Waals surface area contributed by atoms with Gasteiger partial charge in [0.05, 0.1) is 15.7 Å². The maximum atomic E-state index is 12.0. The number of nitrogens with zero attached hydrogens (tertiary/aromatic N) is 6. The minimum absolute atomic E-state index is 0.000603. The Morgan fingerprint density at radius 2 is 1.90 bits per heavy atom. The maximum Gasteiger partial charge on any atom is 0.365 e. The highest BCUT2D eigenvalue weighted by atomic mass is 35.5. The van der Waals surface area contributed by atoms with Crippen molar-refractivity contribution in [2.24, 2.45) is 0 Å². The van der Waals surface area contributed by atoms with Gasteiger partial charge < -0.3 is 9.58 Å². The summed E-state index contributed by atoms with van der Waals surface area (Å²) in [7, 11) is 0. The smallest absolute Gasteiger partial charge is 0.365 e. The number of halogens is 2. The van der Waals surface area contributed by atoms with Gasteiger partial charge in [-0.25, -0.2) is 4.79 Å². The zero-order valence-corrected chi connectivity index (χ0v) is 17.0. The molecule has 3 rings (SSSR count). The monoisotopic (exact) mass is 443 g/mol. The summed E-state index contributed by atoms with van der Waals surface area (Å²) in [5.41, 5.74) is -0.834. The summed E-state index contributed by atoms with van der Waals surface area (Å²) in [5, 5.41) is 20.6. The van der Waals surface area contributed by atoms with Crippen molar-refractivity contribution in [3.8, 4) is 23.4 Å². The van der Waals surface area contributed by atoms with E-state index in [4.69, 9.17) is 39.8 Å². The first kappa shape index (κ1) is 21.0. The molecule has 12 heteroatoms. The van der Waals surface area contributed by atoms with Crippen LogP contribution in [0.15, 0.2) is 27.8 Å². The molecular weight excluding hydrogens is 433 g/mol. The van der Waals surface area contributed by atoms with E-state index in [1.807, 2.05) is 24.9 Å². The highest BCUT2D eigenvalue weighted by molar-refractivity contribution is 6.37. The molecule has 0 unspecified atom stereocenters. The van der Waals surface area contributed by atoms with Crippen LogP contribution in [-0.4, -0.2) is 25.0 Å². The van der Waals surface area contributed by atoms with E-state index in [9.17, 15) is 9.59 Å². The van der Waals surface area contributed by atoms with Gasteiger partial charge in [0.2, 0.25) is 5.88 Å². The Morgan fingerprint density at radius 3 is 2.47 bits per heavy atom. The molecule has 0 radical (unpaired) electrons. The van der Waals surface area contributed by atoms with E-state index in [0.29, 0.717) is 5.56 Å². The molecule has 0 saturated heterocycles. The third kappa shape index (κ3) is 4.01. The summed E-state index contributed by atoms with van der Waals surface area (Å²) in [4.78, 5) is 28.5. The second-order valence-electron chi connectivity index (χ2n) is 6.20. The summed E-state index contributed by atoms with van der Waals surface area (Å²) in [6.45, 7) is 10.7. The first-order valence-electron chi connectivity index (χ1n) is 8.31. The van der Waals surface area contributed by atoms with E-state index < -0.39 is 17.1 Å². The van der Waals surface area contributed by atoms with Crippen LogP contribution in [0, 0.1) is 17.9 Å². The standard InChI is InChI=1S/C18H11Cl2N7O3/c1-8(2)10-6-14(25-24-13(10)7-21)30-15-11(19)4-9(5-12(15)20)27-18(29)23-17(28)16(22-3)26-27/h4-6,8H,1-2H3,(H,23,28,29). The predicted octanol–water partition coefficient (Wildman–Crippen LogP) is 3.36. The van der Waals surface area contributed by atoms with E-state index in [1.165, 1.54) is 12.1 Å². The van der Waals surface area contributed by atoms with Gasteiger partial charge in [0.1, 0.15) is 6.07 Å². The van der Waals surface area contributed by atoms with Crippen molar-refractivity contribution in [2.75, 3.05) is 0 Å². The second-order valence-corrected chi connectivity index (χ2v) is 7.01. The third-order valence-corrected chi connectivity index (χ3v) is 4.44. The van der Waals surface area contributed by atoms with Crippen LogP contribution < -0.4 is 16.0 Å². The highest BCUT2D eigenvalue weighted by Gasteiger charge is 2.18. The number of H-pyrrole nitrogens is 1. The Kier molecular flexibility index (Phi) is 5.83. The fourth-order valence-corrected chi connectivity index (χ4v) is 3.03. The Morgan fingerprint density at radius 1 is 1.23 bits per heavy atom. The van der Waals surface area contributed by atoms with Crippen molar-refractivity contribution in [3.05, 3.63) is 71.8 Å². The van der Waals surface area contributed by atoms with Crippen LogP contribution in [0.25, 0.3) is 10.5 Å². The van der Waals surface area contributed by atoms with Crippen molar-refractivity contribution < 1.29 is 4.74 Å². The number of hydrogen-bond donors (Lipinski definition) is 1. The molecule has 0 aliphatic carbocycles. The summed E-state index contributed by atoms with van der Waals surface area (Å²) in [5.74, 6) is -0.403. The summed E-state index contributed by atoms with van der Waals surface area (Å²) >= 11 is 12.5. The molecule has 0 spiro atoms. The first-order valence-corrected chi connectivity index (χ1v) is 9.06. The topological polar surface area (TPSA) is 131 Å². The number of rotatable bonds is 4. The number of benzene rings is 1. The summed E-state index contributed by atoms with van der Waals surface area (Å²) in [6, 6.07) is 6.18. The zero-order chi connectivity index (χ0) is 22.0. The zero-order valence-electron chi connectivity index (χ0n) is 15.5. The Bertz CT molecular complexity index is 1330. The van der Waals surface area contributed by atoms with Gasteiger partial charge in [-0.1, -0.05) is 43.6 Å². The van der Waals surface area contributed by atoms with Gasteiger partial charge in [0.25, 0.3) is 5.56 Å². The Balaban J connectivity index is 2.04. The van der Waals surface area contributed by atoms with E-state index in [2.05, 4.69) is 20.1 Å². The molecule has 1 N–H and O–H groups in total. The van der Waals surface area contributed by atoms with Crippen LogP contribution in [0.4, 0.5) is 5.82 Å². The van der Waals surface area contributed by atoms with Crippen LogP contribution in [0.5, 0.6) is 11.6 Å². The average Bonchev–Trinajstić information content (AvgIpc) is 2.70. The molecule has 30 heavy (non-hydrogen) atoms. The van der Waals surface area contributed by atoms with E-state index in [1.54, 1.807) is 6.07 Å². The van der Waals surface area contributed by atoms with Crippen LogP contribution in [0.1, 0.15) is 31.0 Å². The SMILES string of the molecule is [C-]#[N+]c1nn(-c2cc(Cl)c(Oc3cc(C(C)C)c(C#N)nn3)c(Cl)c2)c(=O)[nH]c1=O. The molecule has 150 valence electrons. The number of hydrogen-bond acceptors (Lipinski definition) is 7. The van der Waals surface area contributed by atoms with Crippen LogP contribution in [0.3, 0.4) is 0 Å². The Hall–Kier alpha value is -3.73. The van der Waals surface area contributed by atoms with Gasteiger partial charge in [0.15, 0.2) is 11.4 Å². The number of aromatic amines is 1. The fraction of sp³-hybridized carbons (Fsp3) is 0.167. The molecule has 0 amide bonds. The van der Waals surface area contributed by atoms with Crippen molar-refractivity contribution in [1.29, 1.82) is 5.26 Å². The number of ether oxygens (including phenoxy) is 1. The quantitative estimate of drug-likeness (QED) is 0.611. The Labute approximate surface area is 179 Å². The van der Waals surface area contributed by atoms with Crippen molar-refractivity contribution in [3.63, 3.8) is 0 Å². The minimum Gasteiger partial charge on any atom is -0.434 e. The van der Waals surface area contributed by atoms with Crippen molar-refractivity contribution in [1.82, 2.24) is 25.0 Å². The van der Waals surface area contributed by atoms with Gasteiger partial charge in [0, 0.05) is 6.07 Å². The van der Waals surface area contributed by atoms with Crippen LogP contribution >= 0.6 is 23.2 Å². The number of aromatic nitrogens is 5. The lowest BCUT2D eigenvalue weighted by Gasteiger charge is -2.12. The van der Waals surface area contributed by atoms with Crippen LogP contribution in [-0.2, 0) is 0 Å². The molecule has 2 heterocycles. The minimum atomic E-state index is -0.899. The molecule has 0 aliphatic rings. The van der Waals surface area contributed by atoms with Crippen molar-refractivity contribution >= 4 is 29.0 Å². The lowest BCUT2D eigenvalue weighted by atomic mass is 10.0. The number of nitrogens with one attached hydrogen (secondary N) is 1. The first-order chi connectivity index (χ1) is 14.2. The summed E-state index contributed by atoms with van der Waals surface area (Å²) < 4.78 is 6.44. The second kappa shape index (κ2) is 8.33. The van der Waals surface area contributed by atoms with E-state index in [0.717, 1.165) is 4.68 Å². The fourth-order valence-electron chi connectivity index (χ4n) is 2.47. The molecule has 2 aromatic heterocycles. The third-order valence-electron chi connectivity index (χ3n) is 3.88. The molecule has 0 atom stereocenters. The lowest BCUT2D eigenvalue weighted by molar-refractivity contribution is 0.453. The highest BCUT2D eigenvalue weighted by Crippen LogP contribution is 2.38. The number of nitriles is 1. The van der Waals surface area contributed by atoms with Crippen LogP contribution in [0.2, 0.25) is 10.0 Å². The molecule has 1 aromatic carbocycles. The molecule has 0 aliphatic heterocycles. The van der Waals surface area contributed by atoms with Gasteiger partial charge >= 0.3 is 11.5 Å². The lowest BCUT2D eigenvalue weighted by Crippen LogP contribution is -2.30. The summed E-state index contributed by atoms with van der Waals surface area (Å²) in [6.07, 6.45) is 0. The normalized spacial score (nSPS) is 10.5. The largest absolute Gasteiger partial charge is 0.434 e. The molecule has 0 bridgehead atoms. The van der Waals surface area contributed by atoms with Gasteiger partial charge in [-0.2, -0.15) is 5.26 Å². The predicted molar refractivity (Wildman–Crippen MR) is 108 cm³/mol. The van der Waals surface area contributed by atoms with Gasteiger partial charge in [-0.3, -0.25) is 9.78 Å². The van der Waals surface area contributed by atoms with E-state index in [-0.39, 0.29) is 39.0 Å². The molecule has 3 aromatic rings. The van der Waals surface area contributed by atoms with Gasteiger partial charge in [-0.15, -0.1) is 14.9 Å². The molecular formula is C18H11Cl2N7O3. The van der Waals surface area contributed by atoms with Gasteiger partial charge in [-0.05, 0) is 28.7 Å².